The molecule has 0 saturated heterocycles. The third kappa shape index (κ3) is 5.34. The summed E-state index contributed by atoms with van der Waals surface area (Å²) in [5.74, 6) is -0.342. The Morgan fingerprint density at radius 3 is 2.42 bits per heavy atom. The van der Waals surface area contributed by atoms with Crippen molar-refractivity contribution in [1.82, 2.24) is 0 Å². The van der Waals surface area contributed by atoms with Crippen molar-refractivity contribution in [3.63, 3.8) is 0 Å². The van der Waals surface area contributed by atoms with E-state index in [2.05, 4.69) is 5.32 Å². The molecule has 2 aromatic carbocycles. The number of anilines is 1. The SMILES string of the molecule is CC[C@@H](Oc1ccccc1)C(=O)O[C@@H](C)C(=O)Nc1cc(C)ccc1C. The molecule has 5 heteroatoms. The monoisotopic (exact) mass is 355 g/mol. The van der Waals surface area contributed by atoms with E-state index in [1.165, 1.54) is 0 Å². The molecular weight excluding hydrogens is 330 g/mol. The molecule has 0 aliphatic heterocycles. The topological polar surface area (TPSA) is 64.6 Å². The van der Waals surface area contributed by atoms with Crippen LogP contribution < -0.4 is 10.1 Å². The second-order valence-electron chi connectivity index (χ2n) is 6.21. The first-order valence-corrected chi connectivity index (χ1v) is 8.71. The molecule has 1 N–H and O–H groups in total. The molecule has 0 fully saturated rings. The maximum atomic E-state index is 12.4. The van der Waals surface area contributed by atoms with Gasteiger partial charge in [-0.05, 0) is 56.5 Å². The van der Waals surface area contributed by atoms with Crippen LogP contribution in [0.15, 0.2) is 48.5 Å². The lowest BCUT2D eigenvalue weighted by Crippen LogP contribution is -2.36. The van der Waals surface area contributed by atoms with Gasteiger partial charge < -0.3 is 14.8 Å². The molecule has 2 rings (SSSR count). The number of benzene rings is 2. The van der Waals surface area contributed by atoms with Crippen LogP contribution in [0.5, 0.6) is 5.75 Å². The molecule has 0 bridgehead atoms. The van der Waals surface area contributed by atoms with Gasteiger partial charge in [-0.3, -0.25) is 4.79 Å². The maximum Gasteiger partial charge on any atom is 0.348 e. The Morgan fingerprint density at radius 2 is 1.77 bits per heavy atom. The minimum absolute atomic E-state index is 0.374. The largest absolute Gasteiger partial charge is 0.479 e. The average molecular weight is 355 g/mol. The van der Waals surface area contributed by atoms with E-state index >= 15 is 0 Å². The van der Waals surface area contributed by atoms with Gasteiger partial charge >= 0.3 is 5.97 Å². The summed E-state index contributed by atoms with van der Waals surface area (Å²) in [7, 11) is 0. The van der Waals surface area contributed by atoms with Crippen molar-refractivity contribution in [2.75, 3.05) is 5.32 Å². The second kappa shape index (κ2) is 9.04. The van der Waals surface area contributed by atoms with Gasteiger partial charge in [-0.2, -0.15) is 0 Å². The first kappa shape index (κ1) is 19.5. The molecule has 0 aliphatic carbocycles. The minimum atomic E-state index is -0.921. The highest BCUT2D eigenvalue weighted by Crippen LogP contribution is 2.18. The number of hydrogen-bond acceptors (Lipinski definition) is 4. The highest BCUT2D eigenvalue weighted by atomic mass is 16.6. The van der Waals surface area contributed by atoms with Gasteiger partial charge in [-0.15, -0.1) is 0 Å². The number of hydrogen-bond donors (Lipinski definition) is 1. The smallest absolute Gasteiger partial charge is 0.348 e. The predicted octanol–water partition coefficient (Wildman–Crippen LogP) is 4.03. The predicted molar refractivity (Wildman–Crippen MR) is 101 cm³/mol. The molecule has 0 saturated carbocycles. The fraction of sp³-hybridized carbons (Fsp3) is 0.333. The van der Waals surface area contributed by atoms with E-state index < -0.39 is 18.2 Å². The molecule has 0 radical (unpaired) electrons. The summed E-state index contributed by atoms with van der Waals surface area (Å²) in [5.41, 5.74) is 2.70. The highest BCUT2D eigenvalue weighted by molar-refractivity contribution is 5.96. The molecular formula is C21H25NO4. The number of rotatable bonds is 7. The summed E-state index contributed by atoms with van der Waals surface area (Å²) < 4.78 is 11.0. The van der Waals surface area contributed by atoms with Crippen molar-refractivity contribution >= 4 is 17.6 Å². The van der Waals surface area contributed by atoms with Crippen LogP contribution in [0.2, 0.25) is 0 Å². The van der Waals surface area contributed by atoms with Gasteiger partial charge in [-0.1, -0.05) is 37.3 Å². The van der Waals surface area contributed by atoms with Crippen LogP contribution >= 0.6 is 0 Å². The second-order valence-corrected chi connectivity index (χ2v) is 6.21. The maximum absolute atomic E-state index is 12.4. The zero-order valence-corrected chi connectivity index (χ0v) is 15.6. The molecule has 0 spiro atoms. The Kier molecular flexibility index (Phi) is 6.78. The summed E-state index contributed by atoms with van der Waals surface area (Å²) in [4.78, 5) is 24.7. The van der Waals surface area contributed by atoms with Crippen molar-refractivity contribution < 1.29 is 19.1 Å². The zero-order chi connectivity index (χ0) is 19.1. The molecule has 138 valence electrons. The summed E-state index contributed by atoms with van der Waals surface area (Å²) in [6.45, 7) is 7.24. The molecule has 2 aromatic rings. The fourth-order valence-electron chi connectivity index (χ4n) is 2.37. The van der Waals surface area contributed by atoms with Crippen molar-refractivity contribution in [1.29, 1.82) is 0 Å². The number of carbonyl (C=O) groups is 2. The number of ether oxygens (including phenoxy) is 2. The first-order valence-electron chi connectivity index (χ1n) is 8.71. The third-order valence-corrected chi connectivity index (χ3v) is 3.97. The van der Waals surface area contributed by atoms with E-state index in [-0.39, 0.29) is 5.91 Å². The summed E-state index contributed by atoms with van der Waals surface area (Å²) in [6, 6.07) is 14.9. The number of nitrogens with one attached hydrogen (secondary N) is 1. The van der Waals surface area contributed by atoms with Crippen LogP contribution in [0.4, 0.5) is 5.69 Å². The molecule has 26 heavy (non-hydrogen) atoms. The summed E-state index contributed by atoms with van der Waals surface area (Å²) >= 11 is 0. The summed E-state index contributed by atoms with van der Waals surface area (Å²) in [5, 5.41) is 2.81. The van der Waals surface area contributed by atoms with Crippen LogP contribution in [0.25, 0.3) is 0 Å². The van der Waals surface area contributed by atoms with Crippen LogP contribution in [0.3, 0.4) is 0 Å². The molecule has 0 aromatic heterocycles. The number of carbonyl (C=O) groups excluding carboxylic acids is 2. The van der Waals surface area contributed by atoms with Crippen molar-refractivity contribution in [3.8, 4) is 5.75 Å². The van der Waals surface area contributed by atoms with E-state index in [0.29, 0.717) is 17.9 Å². The highest BCUT2D eigenvalue weighted by Gasteiger charge is 2.25. The Bertz CT molecular complexity index is 758. The Labute approximate surface area is 154 Å². The quantitative estimate of drug-likeness (QED) is 0.762. The lowest BCUT2D eigenvalue weighted by Gasteiger charge is -2.20. The van der Waals surface area contributed by atoms with Crippen molar-refractivity contribution in [2.45, 2.75) is 46.3 Å². The van der Waals surface area contributed by atoms with Crippen LogP contribution in [-0.4, -0.2) is 24.1 Å². The van der Waals surface area contributed by atoms with Crippen LogP contribution in [0.1, 0.15) is 31.4 Å². The van der Waals surface area contributed by atoms with E-state index in [4.69, 9.17) is 9.47 Å². The molecule has 5 nitrogen and oxygen atoms in total. The standard InChI is InChI=1S/C21H25NO4/c1-5-19(26-17-9-7-6-8-10-17)21(24)25-16(4)20(23)22-18-13-14(2)11-12-15(18)3/h6-13,16,19H,5H2,1-4H3,(H,22,23)/t16-,19+/m0/s1. The van der Waals surface area contributed by atoms with Gasteiger partial charge in [0.2, 0.25) is 0 Å². The molecule has 0 aliphatic rings. The van der Waals surface area contributed by atoms with Crippen LogP contribution in [0, 0.1) is 13.8 Å². The normalized spacial score (nSPS) is 12.8. The molecule has 0 unspecified atom stereocenters. The van der Waals surface area contributed by atoms with E-state index in [0.717, 1.165) is 11.1 Å². The van der Waals surface area contributed by atoms with Gasteiger partial charge in [0.05, 0.1) is 0 Å². The first-order chi connectivity index (χ1) is 12.4. The van der Waals surface area contributed by atoms with Crippen molar-refractivity contribution in [3.05, 3.63) is 59.7 Å². The Balaban J connectivity index is 1.96. The van der Waals surface area contributed by atoms with E-state index in [1.54, 1.807) is 19.1 Å². The lowest BCUT2D eigenvalue weighted by molar-refractivity contribution is -0.160. The van der Waals surface area contributed by atoms with Gasteiger partial charge in [0.1, 0.15) is 5.75 Å². The van der Waals surface area contributed by atoms with Gasteiger partial charge in [0.25, 0.3) is 5.91 Å². The van der Waals surface area contributed by atoms with Gasteiger partial charge in [0, 0.05) is 5.69 Å². The van der Waals surface area contributed by atoms with Crippen molar-refractivity contribution in [2.24, 2.45) is 0 Å². The van der Waals surface area contributed by atoms with E-state index in [9.17, 15) is 9.59 Å². The minimum Gasteiger partial charge on any atom is -0.479 e. The number of aryl methyl sites for hydroxylation is 2. The summed E-state index contributed by atoms with van der Waals surface area (Å²) in [6.07, 6.45) is -1.23. The Hall–Kier alpha value is -2.82. The number of amides is 1. The Morgan fingerprint density at radius 1 is 1.08 bits per heavy atom. The van der Waals surface area contributed by atoms with Gasteiger partial charge in [-0.25, -0.2) is 4.79 Å². The average Bonchev–Trinajstić information content (AvgIpc) is 2.63. The molecule has 1 amide bonds. The molecule has 2 atom stereocenters. The zero-order valence-electron chi connectivity index (χ0n) is 15.6. The lowest BCUT2D eigenvalue weighted by atomic mass is 10.1. The van der Waals surface area contributed by atoms with E-state index in [1.807, 2.05) is 57.2 Å². The number of esters is 1. The molecule has 0 heterocycles. The fourth-order valence-corrected chi connectivity index (χ4v) is 2.37. The van der Waals surface area contributed by atoms with Crippen LogP contribution in [-0.2, 0) is 14.3 Å². The van der Waals surface area contributed by atoms with Gasteiger partial charge in [0.15, 0.2) is 12.2 Å². The third-order valence-electron chi connectivity index (χ3n) is 3.97. The number of para-hydroxylation sites is 1.